The summed E-state index contributed by atoms with van der Waals surface area (Å²) in [5.41, 5.74) is 0.439. The predicted octanol–water partition coefficient (Wildman–Crippen LogP) is 0.907. The van der Waals surface area contributed by atoms with Gasteiger partial charge in [-0.25, -0.2) is 0 Å². The minimum atomic E-state index is -0.854. The van der Waals surface area contributed by atoms with Crippen LogP contribution in [0.5, 0.6) is 0 Å². The number of carboxylic acid groups (broad SMARTS) is 1. The summed E-state index contributed by atoms with van der Waals surface area (Å²) in [5, 5.41) is 15.5. The second-order valence-electron chi connectivity index (χ2n) is 2.24. The second kappa shape index (κ2) is 5.85. The van der Waals surface area contributed by atoms with E-state index in [2.05, 4.69) is 0 Å². The molecule has 0 saturated carbocycles. The van der Waals surface area contributed by atoms with Gasteiger partial charge in [-0.05, 0) is 6.42 Å². The van der Waals surface area contributed by atoms with Crippen molar-refractivity contribution in [3.63, 3.8) is 0 Å². The van der Waals surface area contributed by atoms with Crippen molar-refractivity contribution in [2.45, 2.75) is 19.3 Å². The molecule has 0 amide bonds. The highest BCUT2D eigenvalue weighted by molar-refractivity contribution is 5.84. The van der Waals surface area contributed by atoms with Gasteiger partial charge in [-0.3, -0.25) is 4.79 Å². The lowest BCUT2D eigenvalue weighted by atomic mass is 10.1. The molecule has 2 N–H and O–H groups in total. The Morgan fingerprint density at radius 2 is 2.09 bits per heavy atom. The molecule has 0 aromatic heterocycles. The zero-order valence-electron chi connectivity index (χ0n) is 6.59. The van der Waals surface area contributed by atoms with Crippen molar-refractivity contribution in [2.75, 3.05) is 13.7 Å². The molecule has 0 aliphatic rings. The molecule has 64 valence electrons. The Bertz CT molecular complexity index is 145. The Labute approximate surface area is 65.7 Å². The first-order chi connectivity index (χ1) is 5.16. The third kappa shape index (κ3) is 6.99. The van der Waals surface area contributed by atoms with Gasteiger partial charge >= 0.3 is 5.97 Å². The van der Waals surface area contributed by atoms with Crippen molar-refractivity contribution in [3.8, 4) is 0 Å². The standard InChI is InChI=1S/C7H13NO3/c1-11-5-4-6(8)2-3-7(9)10/h8H,2-5H2,1H3,(H,9,10). The fraction of sp³-hybridized carbons (Fsp3) is 0.714. The van der Waals surface area contributed by atoms with Crippen molar-refractivity contribution < 1.29 is 14.6 Å². The van der Waals surface area contributed by atoms with Crippen LogP contribution in [0.15, 0.2) is 0 Å². The lowest BCUT2D eigenvalue weighted by Gasteiger charge is -1.99. The van der Waals surface area contributed by atoms with Crippen LogP contribution in [0.4, 0.5) is 0 Å². The van der Waals surface area contributed by atoms with Gasteiger partial charge in [0.2, 0.25) is 0 Å². The number of hydrogen-bond acceptors (Lipinski definition) is 3. The van der Waals surface area contributed by atoms with Crippen molar-refractivity contribution in [1.82, 2.24) is 0 Å². The first-order valence-corrected chi connectivity index (χ1v) is 3.44. The number of rotatable bonds is 6. The van der Waals surface area contributed by atoms with Gasteiger partial charge in [0, 0.05) is 19.2 Å². The van der Waals surface area contributed by atoms with Gasteiger partial charge in [0.15, 0.2) is 0 Å². The van der Waals surface area contributed by atoms with E-state index in [0.717, 1.165) is 0 Å². The zero-order chi connectivity index (χ0) is 8.69. The molecule has 0 aromatic carbocycles. The maximum Gasteiger partial charge on any atom is 0.303 e. The van der Waals surface area contributed by atoms with E-state index in [4.69, 9.17) is 15.3 Å². The summed E-state index contributed by atoms with van der Waals surface area (Å²) in [6.07, 6.45) is 0.908. The molecule has 0 unspecified atom stereocenters. The molecule has 0 aromatic rings. The van der Waals surface area contributed by atoms with Crippen molar-refractivity contribution in [2.24, 2.45) is 0 Å². The van der Waals surface area contributed by atoms with Gasteiger partial charge in [-0.1, -0.05) is 0 Å². The normalized spacial score (nSPS) is 9.55. The Morgan fingerprint density at radius 1 is 1.45 bits per heavy atom. The summed E-state index contributed by atoms with van der Waals surface area (Å²) in [4.78, 5) is 10.0. The summed E-state index contributed by atoms with van der Waals surface area (Å²) in [6, 6.07) is 0. The molecule has 0 bridgehead atoms. The second-order valence-corrected chi connectivity index (χ2v) is 2.24. The van der Waals surface area contributed by atoms with Crippen molar-refractivity contribution >= 4 is 11.7 Å². The van der Waals surface area contributed by atoms with Crippen molar-refractivity contribution in [3.05, 3.63) is 0 Å². The van der Waals surface area contributed by atoms with Gasteiger partial charge in [0.1, 0.15) is 0 Å². The van der Waals surface area contributed by atoms with E-state index in [1.807, 2.05) is 0 Å². The Kier molecular flexibility index (Phi) is 5.37. The average Bonchev–Trinajstić information content (AvgIpc) is 1.97. The third-order valence-electron chi connectivity index (χ3n) is 1.25. The molecule has 4 heteroatoms. The molecule has 4 nitrogen and oxygen atoms in total. The smallest absolute Gasteiger partial charge is 0.303 e. The number of carboxylic acids is 1. The number of ether oxygens (including phenoxy) is 1. The molecule has 0 heterocycles. The van der Waals surface area contributed by atoms with Gasteiger partial charge in [0.25, 0.3) is 0 Å². The molecule has 0 saturated heterocycles. The highest BCUT2D eigenvalue weighted by Crippen LogP contribution is 1.95. The maximum absolute atomic E-state index is 10.0. The van der Waals surface area contributed by atoms with E-state index in [9.17, 15) is 4.79 Å². The monoisotopic (exact) mass is 159 g/mol. The van der Waals surface area contributed by atoms with Crippen molar-refractivity contribution in [1.29, 1.82) is 5.41 Å². The van der Waals surface area contributed by atoms with Crippen LogP contribution in [-0.4, -0.2) is 30.5 Å². The summed E-state index contributed by atoms with van der Waals surface area (Å²) >= 11 is 0. The topological polar surface area (TPSA) is 70.4 Å². The highest BCUT2D eigenvalue weighted by Gasteiger charge is 2.00. The molecule has 0 aliphatic carbocycles. The molecule has 0 radical (unpaired) electrons. The Hall–Kier alpha value is -0.900. The van der Waals surface area contributed by atoms with Gasteiger partial charge in [0.05, 0.1) is 13.0 Å². The molecule has 0 atom stereocenters. The lowest BCUT2D eigenvalue weighted by Crippen LogP contribution is -2.04. The van der Waals surface area contributed by atoms with Crippen LogP contribution in [0.3, 0.4) is 0 Å². The number of methoxy groups -OCH3 is 1. The van der Waals surface area contributed by atoms with Gasteiger partial charge < -0.3 is 15.3 Å². The SMILES string of the molecule is COCCC(=N)CCC(=O)O. The van der Waals surface area contributed by atoms with Crippen LogP contribution in [0.1, 0.15) is 19.3 Å². The summed E-state index contributed by atoms with van der Waals surface area (Å²) in [7, 11) is 1.56. The minimum absolute atomic E-state index is 0.0442. The van der Waals surface area contributed by atoms with Crippen LogP contribution in [-0.2, 0) is 9.53 Å². The molecule has 0 rings (SSSR count). The lowest BCUT2D eigenvalue weighted by molar-refractivity contribution is -0.136. The van der Waals surface area contributed by atoms with E-state index < -0.39 is 5.97 Å². The number of hydrogen-bond donors (Lipinski definition) is 2. The van der Waals surface area contributed by atoms with Gasteiger partial charge in [-0.2, -0.15) is 0 Å². The van der Waals surface area contributed by atoms with Crippen LogP contribution in [0.2, 0.25) is 0 Å². The minimum Gasteiger partial charge on any atom is -0.481 e. The number of aliphatic carboxylic acids is 1. The quantitative estimate of drug-likeness (QED) is 0.566. The zero-order valence-corrected chi connectivity index (χ0v) is 6.59. The number of nitrogens with one attached hydrogen (secondary N) is 1. The molecular formula is C7H13NO3. The molecule has 0 fully saturated rings. The van der Waals surface area contributed by atoms with E-state index in [0.29, 0.717) is 25.2 Å². The van der Waals surface area contributed by atoms with Crippen LogP contribution < -0.4 is 0 Å². The highest BCUT2D eigenvalue weighted by atomic mass is 16.5. The molecular weight excluding hydrogens is 146 g/mol. The summed E-state index contributed by atoms with van der Waals surface area (Å²) in [5.74, 6) is -0.854. The fourth-order valence-corrected chi connectivity index (χ4v) is 0.608. The number of carbonyl (C=O) groups is 1. The summed E-state index contributed by atoms with van der Waals surface area (Å²) in [6.45, 7) is 0.498. The third-order valence-corrected chi connectivity index (χ3v) is 1.25. The molecule has 0 aliphatic heterocycles. The van der Waals surface area contributed by atoms with E-state index in [1.165, 1.54) is 0 Å². The first-order valence-electron chi connectivity index (χ1n) is 3.44. The predicted molar refractivity (Wildman–Crippen MR) is 41.1 cm³/mol. The maximum atomic E-state index is 10.0. The largest absolute Gasteiger partial charge is 0.481 e. The first kappa shape index (κ1) is 10.1. The van der Waals surface area contributed by atoms with E-state index >= 15 is 0 Å². The summed E-state index contributed by atoms with van der Waals surface area (Å²) < 4.78 is 4.73. The van der Waals surface area contributed by atoms with Crippen LogP contribution >= 0.6 is 0 Å². The Morgan fingerprint density at radius 3 is 2.55 bits per heavy atom. The van der Waals surface area contributed by atoms with E-state index in [1.54, 1.807) is 7.11 Å². The molecule has 11 heavy (non-hydrogen) atoms. The van der Waals surface area contributed by atoms with Crippen LogP contribution in [0.25, 0.3) is 0 Å². The van der Waals surface area contributed by atoms with Gasteiger partial charge in [-0.15, -0.1) is 0 Å². The Balaban J connectivity index is 3.30. The average molecular weight is 159 g/mol. The molecule has 0 spiro atoms. The van der Waals surface area contributed by atoms with Crippen LogP contribution in [0, 0.1) is 5.41 Å². The van der Waals surface area contributed by atoms with E-state index in [-0.39, 0.29) is 6.42 Å². The fourth-order valence-electron chi connectivity index (χ4n) is 0.608.